The Bertz CT molecular complexity index is 649. The minimum absolute atomic E-state index is 0.00375. The Hall–Kier alpha value is -2.33. The highest BCUT2D eigenvalue weighted by Gasteiger charge is 2.22. The zero-order chi connectivity index (χ0) is 16.1. The first-order chi connectivity index (χ1) is 11.2. The molecule has 1 aliphatic heterocycles. The normalized spacial score (nSPS) is 16.2. The van der Waals surface area contributed by atoms with Crippen molar-refractivity contribution < 1.29 is 9.53 Å². The Morgan fingerprint density at radius 3 is 2.52 bits per heavy atom. The summed E-state index contributed by atoms with van der Waals surface area (Å²) in [6, 6.07) is 17.4. The molecular formula is C19H22N2O2. The average Bonchev–Trinajstić information content (AvgIpc) is 2.57. The number of rotatable bonds is 4. The van der Waals surface area contributed by atoms with Crippen LogP contribution in [-0.2, 0) is 11.3 Å². The van der Waals surface area contributed by atoms with Crippen molar-refractivity contribution >= 4 is 11.7 Å². The first-order valence-corrected chi connectivity index (χ1v) is 8.03. The molecule has 0 radical (unpaired) electrons. The van der Waals surface area contributed by atoms with Gasteiger partial charge in [-0.25, -0.2) is 4.79 Å². The molecule has 4 nitrogen and oxygen atoms in total. The molecule has 4 heteroatoms. The van der Waals surface area contributed by atoms with Gasteiger partial charge in [-0.2, -0.15) is 0 Å². The molecule has 1 heterocycles. The van der Waals surface area contributed by atoms with Gasteiger partial charge in [0.15, 0.2) is 0 Å². The summed E-state index contributed by atoms with van der Waals surface area (Å²) in [5.74, 6) is -0.279. The van der Waals surface area contributed by atoms with Gasteiger partial charge in [-0.05, 0) is 36.6 Å². The molecule has 0 saturated carbocycles. The van der Waals surface area contributed by atoms with Gasteiger partial charge in [0.25, 0.3) is 0 Å². The molecule has 120 valence electrons. The highest BCUT2D eigenvalue weighted by atomic mass is 16.5. The van der Waals surface area contributed by atoms with E-state index in [0.29, 0.717) is 11.3 Å². The Kier molecular flexibility index (Phi) is 4.93. The number of carbonyl (C=O) groups excluding carboxylic acids is 1. The molecule has 23 heavy (non-hydrogen) atoms. The maximum Gasteiger partial charge on any atom is 0.338 e. The van der Waals surface area contributed by atoms with E-state index in [-0.39, 0.29) is 12.1 Å². The topological polar surface area (TPSA) is 55.6 Å². The zero-order valence-electron chi connectivity index (χ0n) is 13.2. The summed E-state index contributed by atoms with van der Waals surface area (Å²) < 4.78 is 5.61. The summed E-state index contributed by atoms with van der Waals surface area (Å²) in [7, 11) is 0. The van der Waals surface area contributed by atoms with E-state index in [1.54, 1.807) is 24.3 Å². The van der Waals surface area contributed by atoms with Crippen molar-refractivity contribution in [3.63, 3.8) is 0 Å². The second-order valence-electron chi connectivity index (χ2n) is 5.99. The van der Waals surface area contributed by atoms with Crippen molar-refractivity contribution in [1.29, 1.82) is 0 Å². The third-order valence-corrected chi connectivity index (χ3v) is 4.18. The maximum atomic E-state index is 12.1. The number of hydrogen-bond donors (Lipinski definition) is 1. The fraction of sp³-hybridized carbons (Fsp3) is 0.316. The summed E-state index contributed by atoms with van der Waals surface area (Å²) in [6.45, 7) is 2.85. The highest BCUT2D eigenvalue weighted by molar-refractivity contribution is 5.90. The minimum Gasteiger partial charge on any atom is -0.459 e. The van der Waals surface area contributed by atoms with Crippen molar-refractivity contribution in [1.82, 2.24) is 4.90 Å². The van der Waals surface area contributed by atoms with Crippen LogP contribution >= 0.6 is 0 Å². The van der Waals surface area contributed by atoms with E-state index in [9.17, 15) is 4.79 Å². The molecule has 0 amide bonds. The quantitative estimate of drug-likeness (QED) is 0.696. The van der Waals surface area contributed by atoms with Crippen LogP contribution in [0.3, 0.4) is 0 Å². The molecule has 2 aromatic carbocycles. The number of piperidine rings is 1. The number of esters is 1. The van der Waals surface area contributed by atoms with Gasteiger partial charge in [0.1, 0.15) is 6.10 Å². The number of likely N-dealkylation sites (tertiary alicyclic amines) is 1. The number of hydrogen-bond acceptors (Lipinski definition) is 4. The monoisotopic (exact) mass is 310 g/mol. The van der Waals surface area contributed by atoms with Gasteiger partial charge in [0.05, 0.1) is 5.56 Å². The number of nitrogen functional groups attached to an aromatic ring is 1. The van der Waals surface area contributed by atoms with E-state index in [0.717, 1.165) is 32.5 Å². The molecule has 0 aromatic heterocycles. The first-order valence-electron chi connectivity index (χ1n) is 8.03. The van der Waals surface area contributed by atoms with Crippen molar-refractivity contribution in [3.05, 3.63) is 65.7 Å². The van der Waals surface area contributed by atoms with Gasteiger partial charge in [0, 0.05) is 25.3 Å². The molecule has 1 saturated heterocycles. The van der Waals surface area contributed by atoms with Crippen LogP contribution in [0, 0.1) is 0 Å². The standard InChI is InChI=1S/C19H22N2O2/c20-17-8-4-7-16(13-17)19(22)23-18-9-11-21(12-10-18)14-15-5-2-1-3-6-15/h1-8,13,18H,9-12,14,20H2. The number of benzene rings is 2. The predicted molar refractivity (Wildman–Crippen MR) is 91.0 cm³/mol. The van der Waals surface area contributed by atoms with Gasteiger partial charge >= 0.3 is 5.97 Å². The van der Waals surface area contributed by atoms with Crippen molar-refractivity contribution in [2.45, 2.75) is 25.5 Å². The Morgan fingerprint density at radius 1 is 1.09 bits per heavy atom. The van der Waals surface area contributed by atoms with Gasteiger partial charge in [-0.15, -0.1) is 0 Å². The van der Waals surface area contributed by atoms with Crippen molar-refractivity contribution in [2.75, 3.05) is 18.8 Å². The number of nitrogens with two attached hydrogens (primary N) is 1. The van der Waals surface area contributed by atoms with E-state index in [4.69, 9.17) is 10.5 Å². The second-order valence-corrected chi connectivity index (χ2v) is 5.99. The molecular weight excluding hydrogens is 288 g/mol. The molecule has 0 aliphatic carbocycles. The molecule has 1 fully saturated rings. The highest BCUT2D eigenvalue weighted by Crippen LogP contribution is 2.18. The fourth-order valence-corrected chi connectivity index (χ4v) is 2.91. The van der Waals surface area contributed by atoms with Crippen LogP contribution in [0.2, 0.25) is 0 Å². The molecule has 0 atom stereocenters. The van der Waals surface area contributed by atoms with E-state index in [1.165, 1.54) is 5.56 Å². The van der Waals surface area contributed by atoms with E-state index in [1.807, 2.05) is 6.07 Å². The van der Waals surface area contributed by atoms with Gasteiger partial charge in [-0.3, -0.25) is 4.90 Å². The van der Waals surface area contributed by atoms with Crippen LogP contribution in [0.1, 0.15) is 28.8 Å². The van der Waals surface area contributed by atoms with E-state index in [2.05, 4.69) is 29.2 Å². The SMILES string of the molecule is Nc1cccc(C(=O)OC2CCN(Cc3ccccc3)CC2)c1. The summed E-state index contributed by atoms with van der Waals surface area (Å²) in [4.78, 5) is 14.5. The molecule has 0 spiro atoms. The zero-order valence-corrected chi connectivity index (χ0v) is 13.2. The third kappa shape index (κ3) is 4.33. The smallest absolute Gasteiger partial charge is 0.338 e. The summed E-state index contributed by atoms with van der Waals surface area (Å²) in [5.41, 5.74) is 8.13. The Balaban J connectivity index is 1.48. The lowest BCUT2D eigenvalue weighted by Crippen LogP contribution is -2.37. The summed E-state index contributed by atoms with van der Waals surface area (Å²) in [5, 5.41) is 0. The minimum atomic E-state index is -0.279. The molecule has 2 aromatic rings. The van der Waals surface area contributed by atoms with Crippen LogP contribution in [0.25, 0.3) is 0 Å². The van der Waals surface area contributed by atoms with Gasteiger partial charge < -0.3 is 10.5 Å². The average molecular weight is 310 g/mol. The van der Waals surface area contributed by atoms with E-state index >= 15 is 0 Å². The number of anilines is 1. The predicted octanol–water partition coefficient (Wildman–Crippen LogP) is 3.09. The number of ether oxygens (including phenoxy) is 1. The lowest BCUT2D eigenvalue weighted by molar-refractivity contribution is 0.0104. The van der Waals surface area contributed by atoms with Gasteiger partial charge in [0.2, 0.25) is 0 Å². The van der Waals surface area contributed by atoms with Crippen molar-refractivity contribution in [2.24, 2.45) is 0 Å². The van der Waals surface area contributed by atoms with Crippen LogP contribution in [0.15, 0.2) is 54.6 Å². The van der Waals surface area contributed by atoms with Gasteiger partial charge in [-0.1, -0.05) is 36.4 Å². The van der Waals surface area contributed by atoms with Crippen molar-refractivity contribution in [3.8, 4) is 0 Å². The van der Waals surface area contributed by atoms with Crippen LogP contribution in [0.4, 0.5) is 5.69 Å². The second kappa shape index (κ2) is 7.29. The first kappa shape index (κ1) is 15.6. The maximum absolute atomic E-state index is 12.1. The summed E-state index contributed by atoms with van der Waals surface area (Å²) in [6.07, 6.45) is 1.75. The third-order valence-electron chi connectivity index (χ3n) is 4.18. The Morgan fingerprint density at radius 2 is 1.83 bits per heavy atom. The molecule has 3 rings (SSSR count). The Labute approximate surface area is 136 Å². The van der Waals surface area contributed by atoms with Crippen LogP contribution < -0.4 is 5.73 Å². The lowest BCUT2D eigenvalue weighted by Gasteiger charge is -2.31. The lowest BCUT2D eigenvalue weighted by atomic mass is 10.1. The largest absolute Gasteiger partial charge is 0.459 e. The number of nitrogens with zero attached hydrogens (tertiary/aromatic N) is 1. The molecule has 1 aliphatic rings. The molecule has 2 N–H and O–H groups in total. The molecule has 0 unspecified atom stereocenters. The van der Waals surface area contributed by atoms with Crippen LogP contribution in [0.5, 0.6) is 0 Å². The van der Waals surface area contributed by atoms with E-state index < -0.39 is 0 Å². The molecule has 0 bridgehead atoms. The van der Waals surface area contributed by atoms with Crippen LogP contribution in [-0.4, -0.2) is 30.1 Å². The fourth-order valence-electron chi connectivity index (χ4n) is 2.91. The number of carbonyl (C=O) groups is 1. The summed E-state index contributed by atoms with van der Waals surface area (Å²) >= 11 is 0.